The summed E-state index contributed by atoms with van der Waals surface area (Å²) in [6, 6.07) is 4.69. The van der Waals surface area contributed by atoms with Gasteiger partial charge in [-0.05, 0) is 50.8 Å². The summed E-state index contributed by atoms with van der Waals surface area (Å²) < 4.78 is 0. The van der Waals surface area contributed by atoms with Gasteiger partial charge in [-0.2, -0.15) is 0 Å². The van der Waals surface area contributed by atoms with Crippen LogP contribution in [0.25, 0.3) is 0 Å². The lowest BCUT2D eigenvalue weighted by Crippen LogP contribution is -2.35. The predicted molar refractivity (Wildman–Crippen MR) is 66.9 cm³/mol. The smallest absolute Gasteiger partial charge is 0.121 e. The Morgan fingerprint density at radius 2 is 2.12 bits per heavy atom. The zero-order valence-electron chi connectivity index (χ0n) is 10.2. The Hall–Kier alpha value is -1.02. The van der Waals surface area contributed by atoms with Crippen molar-refractivity contribution in [3.05, 3.63) is 28.8 Å². The summed E-state index contributed by atoms with van der Waals surface area (Å²) in [5.74, 6) is 0.484. The summed E-state index contributed by atoms with van der Waals surface area (Å²) in [5, 5.41) is 13.5. The first kappa shape index (κ1) is 11.5. The van der Waals surface area contributed by atoms with Gasteiger partial charge in [-0.15, -0.1) is 0 Å². The predicted octanol–water partition coefficient (Wildman–Crippen LogP) is 2.69. The summed E-state index contributed by atoms with van der Waals surface area (Å²) in [4.78, 5) is 0. The van der Waals surface area contributed by atoms with Gasteiger partial charge >= 0.3 is 0 Å². The van der Waals surface area contributed by atoms with Gasteiger partial charge in [0, 0.05) is 6.04 Å². The lowest BCUT2D eigenvalue weighted by Gasteiger charge is -2.24. The van der Waals surface area contributed by atoms with Crippen LogP contribution in [-0.4, -0.2) is 17.7 Å². The van der Waals surface area contributed by atoms with E-state index in [9.17, 15) is 5.11 Å². The van der Waals surface area contributed by atoms with Crippen LogP contribution < -0.4 is 5.32 Å². The van der Waals surface area contributed by atoms with E-state index in [1.165, 1.54) is 24.8 Å². The van der Waals surface area contributed by atoms with Gasteiger partial charge in [0.25, 0.3) is 0 Å². The van der Waals surface area contributed by atoms with Crippen LogP contribution in [0, 0.1) is 13.8 Å². The Morgan fingerprint density at radius 1 is 1.31 bits per heavy atom. The Balaban J connectivity index is 2.13. The zero-order valence-corrected chi connectivity index (χ0v) is 10.2. The molecule has 2 N–H and O–H groups in total. The summed E-state index contributed by atoms with van der Waals surface area (Å²) >= 11 is 0. The highest BCUT2D eigenvalue weighted by Crippen LogP contribution is 2.26. The fourth-order valence-electron chi connectivity index (χ4n) is 2.57. The van der Waals surface area contributed by atoms with Crippen molar-refractivity contribution in [1.82, 2.24) is 5.32 Å². The zero-order chi connectivity index (χ0) is 11.5. The van der Waals surface area contributed by atoms with Crippen LogP contribution in [0.4, 0.5) is 0 Å². The number of phenolic OH excluding ortho intramolecular Hbond substituents is 1. The highest BCUT2D eigenvalue weighted by molar-refractivity contribution is 5.43. The third kappa shape index (κ3) is 2.56. The maximum Gasteiger partial charge on any atom is 0.121 e. The highest BCUT2D eigenvalue weighted by atomic mass is 16.3. The molecule has 1 unspecified atom stereocenters. The molecule has 0 saturated carbocycles. The van der Waals surface area contributed by atoms with E-state index in [-0.39, 0.29) is 0 Å². The average Bonchev–Trinajstić information content (AvgIpc) is 2.27. The van der Waals surface area contributed by atoms with Crippen molar-refractivity contribution in [1.29, 1.82) is 0 Å². The minimum Gasteiger partial charge on any atom is -0.507 e. The van der Waals surface area contributed by atoms with Crippen LogP contribution in [0.1, 0.15) is 36.0 Å². The summed E-state index contributed by atoms with van der Waals surface area (Å²) in [6.45, 7) is 5.18. The minimum atomic E-state index is 0.484. The Morgan fingerprint density at radius 3 is 2.81 bits per heavy atom. The van der Waals surface area contributed by atoms with Crippen molar-refractivity contribution in [2.75, 3.05) is 6.54 Å². The second-order valence-corrected chi connectivity index (χ2v) is 4.94. The van der Waals surface area contributed by atoms with Crippen molar-refractivity contribution in [3.63, 3.8) is 0 Å². The quantitative estimate of drug-likeness (QED) is 0.801. The molecule has 88 valence electrons. The van der Waals surface area contributed by atoms with E-state index < -0.39 is 0 Å². The normalized spacial score (nSPS) is 21.0. The molecule has 16 heavy (non-hydrogen) atoms. The molecule has 1 aromatic rings. The molecule has 1 aliphatic heterocycles. The highest BCUT2D eigenvalue weighted by Gasteiger charge is 2.15. The topological polar surface area (TPSA) is 32.3 Å². The van der Waals surface area contributed by atoms with Crippen molar-refractivity contribution in [2.24, 2.45) is 0 Å². The van der Waals surface area contributed by atoms with Gasteiger partial charge in [-0.1, -0.05) is 24.1 Å². The number of hydrogen-bond acceptors (Lipinski definition) is 2. The number of benzene rings is 1. The Bertz CT molecular complexity index is 367. The molecule has 1 aromatic carbocycles. The third-order valence-corrected chi connectivity index (χ3v) is 3.40. The number of nitrogens with one attached hydrogen (secondary N) is 1. The van der Waals surface area contributed by atoms with Crippen molar-refractivity contribution in [2.45, 2.75) is 45.6 Å². The molecule has 1 atom stereocenters. The molecule has 2 rings (SSSR count). The van der Waals surface area contributed by atoms with Gasteiger partial charge in [-0.25, -0.2) is 0 Å². The molecule has 2 heteroatoms. The fraction of sp³-hybridized carbons (Fsp3) is 0.571. The first-order valence-electron chi connectivity index (χ1n) is 6.19. The average molecular weight is 219 g/mol. The van der Waals surface area contributed by atoms with Gasteiger partial charge < -0.3 is 10.4 Å². The van der Waals surface area contributed by atoms with Crippen molar-refractivity contribution >= 4 is 0 Å². The lowest BCUT2D eigenvalue weighted by atomic mass is 9.95. The largest absolute Gasteiger partial charge is 0.507 e. The molecule has 0 aromatic heterocycles. The molecule has 0 bridgehead atoms. The second-order valence-electron chi connectivity index (χ2n) is 4.94. The van der Waals surface area contributed by atoms with E-state index in [0.717, 1.165) is 24.1 Å². The van der Waals surface area contributed by atoms with E-state index >= 15 is 0 Å². The van der Waals surface area contributed by atoms with Gasteiger partial charge in [0.05, 0.1) is 0 Å². The third-order valence-electron chi connectivity index (χ3n) is 3.40. The standard InChI is InChI=1S/C14H21NO/c1-10-7-11(2)14(16)12(8-10)9-13-5-3-4-6-15-13/h7-8,13,15-16H,3-6,9H2,1-2H3. The first-order chi connectivity index (χ1) is 7.66. The Kier molecular flexibility index (Phi) is 3.49. The van der Waals surface area contributed by atoms with E-state index in [1.807, 2.05) is 13.0 Å². The summed E-state index contributed by atoms with van der Waals surface area (Å²) in [5.41, 5.74) is 3.32. The maximum absolute atomic E-state index is 10.0. The number of hydrogen-bond donors (Lipinski definition) is 2. The molecule has 0 radical (unpaired) electrons. The molecule has 1 saturated heterocycles. The maximum atomic E-state index is 10.0. The molecule has 1 fully saturated rings. The number of rotatable bonds is 2. The van der Waals surface area contributed by atoms with E-state index in [0.29, 0.717) is 11.8 Å². The molecule has 1 heterocycles. The number of aromatic hydroxyl groups is 1. The second kappa shape index (κ2) is 4.88. The van der Waals surface area contributed by atoms with Crippen LogP contribution in [0.5, 0.6) is 5.75 Å². The number of phenols is 1. The number of aryl methyl sites for hydroxylation is 2. The van der Waals surface area contributed by atoms with Gasteiger partial charge in [0.1, 0.15) is 5.75 Å². The van der Waals surface area contributed by atoms with Crippen LogP contribution in [0.2, 0.25) is 0 Å². The van der Waals surface area contributed by atoms with Crippen molar-refractivity contribution in [3.8, 4) is 5.75 Å². The van der Waals surface area contributed by atoms with E-state index in [1.54, 1.807) is 0 Å². The van der Waals surface area contributed by atoms with E-state index in [2.05, 4.69) is 18.3 Å². The molecule has 0 spiro atoms. The lowest BCUT2D eigenvalue weighted by molar-refractivity contribution is 0.391. The SMILES string of the molecule is Cc1cc(C)c(O)c(CC2CCCCN2)c1. The van der Waals surface area contributed by atoms with Gasteiger partial charge in [-0.3, -0.25) is 0 Å². The molecular weight excluding hydrogens is 198 g/mol. The van der Waals surface area contributed by atoms with Crippen LogP contribution in [0.15, 0.2) is 12.1 Å². The minimum absolute atomic E-state index is 0.484. The molecule has 2 nitrogen and oxygen atoms in total. The molecule has 0 amide bonds. The van der Waals surface area contributed by atoms with Gasteiger partial charge in [0.2, 0.25) is 0 Å². The summed E-state index contributed by atoms with van der Waals surface area (Å²) in [6.07, 6.45) is 4.78. The summed E-state index contributed by atoms with van der Waals surface area (Å²) in [7, 11) is 0. The van der Waals surface area contributed by atoms with E-state index in [4.69, 9.17) is 0 Å². The molecular formula is C14H21NO. The first-order valence-corrected chi connectivity index (χ1v) is 6.19. The Labute approximate surface area is 97.7 Å². The molecule has 0 aliphatic carbocycles. The monoisotopic (exact) mass is 219 g/mol. The number of piperidine rings is 1. The van der Waals surface area contributed by atoms with Crippen LogP contribution >= 0.6 is 0 Å². The fourth-order valence-corrected chi connectivity index (χ4v) is 2.57. The molecule has 1 aliphatic rings. The van der Waals surface area contributed by atoms with Gasteiger partial charge in [0.15, 0.2) is 0 Å². The van der Waals surface area contributed by atoms with Crippen LogP contribution in [0.3, 0.4) is 0 Å². The van der Waals surface area contributed by atoms with Crippen LogP contribution in [-0.2, 0) is 6.42 Å². The van der Waals surface area contributed by atoms with Crippen molar-refractivity contribution < 1.29 is 5.11 Å².